The summed E-state index contributed by atoms with van der Waals surface area (Å²) in [6.07, 6.45) is 1.26. The van der Waals surface area contributed by atoms with Crippen LogP contribution in [0.25, 0.3) is 0 Å². The Bertz CT molecular complexity index is 1700. The number of nitrogens with one attached hydrogen (secondary N) is 1. The largest absolute Gasteiger partial charge is 0.490 e. The number of aliphatic hydroxyl groups is 1. The van der Waals surface area contributed by atoms with E-state index >= 15 is 0 Å². The zero-order chi connectivity index (χ0) is 34.4. The molecule has 0 radical (unpaired) electrons. The van der Waals surface area contributed by atoms with Gasteiger partial charge >= 0.3 is 0 Å². The second-order valence-corrected chi connectivity index (χ2v) is 17.1. The standard InChI is InChI=1S/C32H42ClN3O8S3/c1-22-19-36(23(2)21-37)32(38)28-18-26(34-46(39,40)31-9-7-17-45-31)12-15-29(28)44-24(3)8-5-6-16-43-30(22)20-35(4)47(41,42)27-13-10-25(33)11-14-27/h7,9-15,17-18,22-24,30,34,37H,5-6,8,16,19-21H2,1-4H3/t22-,23-,24+,30+/m0/s1. The Morgan fingerprint density at radius 2 is 1.83 bits per heavy atom. The molecule has 3 aromatic rings. The van der Waals surface area contributed by atoms with E-state index in [4.69, 9.17) is 21.1 Å². The lowest BCUT2D eigenvalue weighted by molar-refractivity contribution is -0.00833. The van der Waals surface area contributed by atoms with Crippen molar-refractivity contribution in [1.29, 1.82) is 0 Å². The Labute approximate surface area is 286 Å². The first-order valence-corrected chi connectivity index (χ1v) is 19.5. The maximum absolute atomic E-state index is 14.3. The van der Waals surface area contributed by atoms with Gasteiger partial charge < -0.3 is 19.5 Å². The maximum atomic E-state index is 14.3. The molecule has 1 amide bonds. The summed E-state index contributed by atoms with van der Waals surface area (Å²) in [5.74, 6) is -0.554. The number of rotatable bonds is 9. The summed E-state index contributed by atoms with van der Waals surface area (Å²) in [4.78, 5) is 15.9. The molecule has 258 valence electrons. The molecule has 47 heavy (non-hydrogen) atoms. The molecule has 0 saturated carbocycles. The van der Waals surface area contributed by atoms with Crippen molar-refractivity contribution in [1.82, 2.24) is 9.21 Å². The van der Waals surface area contributed by atoms with Crippen LogP contribution >= 0.6 is 22.9 Å². The van der Waals surface area contributed by atoms with Crippen LogP contribution in [0.15, 0.2) is 69.1 Å². The first-order valence-electron chi connectivity index (χ1n) is 15.3. The third-order valence-corrected chi connectivity index (χ3v) is 12.9. The van der Waals surface area contributed by atoms with Crippen LogP contribution in [0.3, 0.4) is 0 Å². The fourth-order valence-corrected chi connectivity index (χ4v) is 8.56. The highest BCUT2D eigenvalue weighted by Crippen LogP contribution is 2.30. The van der Waals surface area contributed by atoms with Crippen molar-refractivity contribution in [3.8, 4) is 5.75 Å². The highest BCUT2D eigenvalue weighted by molar-refractivity contribution is 7.94. The molecule has 0 unspecified atom stereocenters. The van der Waals surface area contributed by atoms with Crippen LogP contribution in [0.1, 0.15) is 50.4 Å². The fraction of sp³-hybridized carbons (Fsp3) is 0.469. The van der Waals surface area contributed by atoms with E-state index < -0.39 is 38.1 Å². The summed E-state index contributed by atoms with van der Waals surface area (Å²) < 4.78 is 69.2. The molecule has 15 heteroatoms. The smallest absolute Gasteiger partial charge is 0.271 e. The van der Waals surface area contributed by atoms with E-state index in [1.165, 1.54) is 52.7 Å². The normalized spacial score (nSPS) is 21.0. The highest BCUT2D eigenvalue weighted by atomic mass is 35.5. The van der Waals surface area contributed by atoms with Gasteiger partial charge in [-0.05, 0) is 87.0 Å². The Balaban J connectivity index is 1.67. The summed E-state index contributed by atoms with van der Waals surface area (Å²) in [5, 5.41) is 12.3. The quantitative estimate of drug-likeness (QED) is 0.302. The van der Waals surface area contributed by atoms with Crippen LogP contribution in [0, 0.1) is 5.92 Å². The average Bonchev–Trinajstić information content (AvgIpc) is 3.59. The van der Waals surface area contributed by atoms with Crippen molar-refractivity contribution >= 4 is 54.6 Å². The minimum Gasteiger partial charge on any atom is -0.490 e. The lowest BCUT2D eigenvalue weighted by atomic mass is 10.0. The molecule has 1 aromatic heterocycles. The molecule has 1 aliphatic heterocycles. The van der Waals surface area contributed by atoms with Crippen molar-refractivity contribution in [3.63, 3.8) is 0 Å². The van der Waals surface area contributed by atoms with Crippen LogP contribution in [0.4, 0.5) is 5.69 Å². The molecule has 0 fully saturated rings. The number of carbonyl (C=O) groups is 1. The van der Waals surface area contributed by atoms with Gasteiger partial charge in [-0.3, -0.25) is 9.52 Å². The number of nitrogens with zero attached hydrogens (tertiary/aromatic N) is 2. The number of hydrogen-bond acceptors (Lipinski definition) is 9. The number of anilines is 1. The van der Waals surface area contributed by atoms with E-state index in [0.29, 0.717) is 30.2 Å². The van der Waals surface area contributed by atoms with Crippen LogP contribution in [-0.4, -0.2) is 88.7 Å². The van der Waals surface area contributed by atoms with E-state index in [9.17, 15) is 26.7 Å². The SMILES string of the molecule is C[C@@H]1CCCCO[C@H](CN(C)S(=O)(=O)c2ccc(Cl)cc2)[C@@H](C)CN([C@@H](C)CO)C(=O)c2cc(NS(=O)(=O)c3cccs3)ccc2O1. The highest BCUT2D eigenvalue weighted by Gasteiger charge is 2.32. The number of thiophene rings is 1. The fourth-order valence-electron chi connectivity index (χ4n) is 5.21. The lowest BCUT2D eigenvalue weighted by Crippen LogP contribution is -2.48. The van der Waals surface area contributed by atoms with Gasteiger partial charge in [0.05, 0.1) is 35.3 Å². The van der Waals surface area contributed by atoms with Crippen molar-refractivity contribution in [3.05, 3.63) is 70.6 Å². The summed E-state index contributed by atoms with van der Waals surface area (Å²) >= 11 is 7.04. The maximum Gasteiger partial charge on any atom is 0.271 e. The third-order valence-electron chi connectivity index (χ3n) is 8.02. The van der Waals surface area contributed by atoms with Crippen molar-refractivity contribution in [2.45, 2.75) is 67.4 Å². The molecular weight excluding hydrogens is 686 g/mol. The summed E-state index contributed by atoms with van der Waals surface area (Å²) in [6.45, 7) is 5.63. The number of aliphatic hydroxyl groups excluding tert-OH is 1. The Kier molecular flexibility index (Phi) is 12.7. The van der Waals surface area contributed by atoms with Gasteiger partial charge in [0.2, 0.25) is 10.0 Å². The molecule has 2 aromatic carbocycles. The zero-order valence-corrected chi connectivity index (χ0v) is 30.0. The van der Waals surface area contributed by atoms with Crippen LogP contribution < -0.4 is 9.46 Å². The van der Waals surface area contributed by atoms with Crippen molar-refractivity contribution < 1.29 is 36.2 Å². The molecule has 0 bridgehead atoms. The molecule has 2 heterocycles. The minimum absolute atomic E-state index is 0.0202. The van der Waals surface area contributed by atoms with E-state index in [2.05, 4.69) is 4.72 Å². The number of halogens is 1. The predicted octanol–water partition coefficient (Wildman–Crippen LogP) is 5.32. The first-order chi connectivity index (χ1) is 22.2. The van der Waals surface area contributed by atoms with Gasteiger partial charge in [0.15, 0.2) is 0 Å². The molecule has 0 saturated heterocycles. The number of benzene rings is 2. The number of amides is 1. The summed E-state index contributed by atoms with van der Waals surface area (Å²) in [7, 11) is -6.27. The first kappa shape index (κ1) is 37.1. The van der Waals surface area contributed by atoms with E-state index in [0.717, 1.165) is 17.8 Å². The molecule has 2 N–H and O–H groups in total. The van der Waals surface area contributed by atoms with Crippen molar-refractivity contribution in [2.24, 2.45) is 5.92 Å². The van der Waals surface area contributed by atoms with Gasteiger partial charge in [0, 0.05) is 43.4 Å². The number of fused-ring (bicyclic) bond motifs is 1. The molecule has 0 aliphatic carbocycles. The van der Waals surface area contributed by atoms with E-state index in [-0.39, 0.29) is 52.1 Å². The van der Waals surface area contributed by atoms with Gasteiger partial charge in [-0.25, -0.2) is 16.8 Å². The number of carbonyl (C=O) groups excluding carboxylic acids is 1. The molecule has 11 nitrogen and oxygen atoms in total. The monoisotopic (exact) mass is 727 g/mol. The van der Waals surface area contributed by atoms with Gasteiger partial charge in [0.1, 0.15) is 9.96 Å². The average molecular weight is 728 g/mol. The number of sulfonamides is 2. The number of hydrogen-bond donors (Lipinski definition) is 2. The van der Waals surface area contributed by atoms with E-state index in [1.54, 1.807) is 30.5 Å². The second-order valence-electron chi connectivity index (χ2n) is 11.8. The topological polar surface area (TPSA) is 143 Å². The molecule has 4 rings (SSSR count). The van der Waals surface area contributed by atoms with Gasteiger partial charge in [-0.15, -0.1) is 11.3 Å². The summed E-state index contributed by atoms with van der Waals surface area (Å²) in [5.41, 5.74) is 0.315. The minimum atomic E-state index is -3.88. The molecule has 1 aliphatic rings. The van der Waals surface area contributed by atoms with Gasteiger partial charge in [0.25, 0.3) is 15.9 Å². The van der Waals surface area contributed by atoms with Crippen LogP contribution in [0.5, 0.6) is 5.75 Å². The number of ether oxygens (including phenoxy) is 2. The number of likely N-dealkylation sites (N-methyl/N-ethyl adjacent to an activating group) is 1. The Morgan fingerprint density at radius 3 is 2.49 bits per heavy atom. The second kappa shape index (κ2) is 16.1. The molecule has 0 spiro atoms. The van der Waals surface area contributed by atoms with Crippen LogP contribution in [0.2, 0.25) is 5.02 Å². The van der Waals surface area contributed by atoms with Crippen LogP contribution in [-0.2, 0) is 24.8 Å². The summed E-state index contributed by atoms with van der Waals surface area (Å²) in [6, 6.07) is 13.0. The predicted molar refractivity (Wildman–Crippen MR) is 183 cm³/mol. The van der Waals surface area contributed by atoms with Gasteiger partial charge in [-0.2, -0.15) is 4.31 Å². The molecular formula is C32H42ClN3O8S3. The zero-order valence-electron chi connectivity index (χ0n) is 26.8. The molecule has 4 atom stereocenters. The Morgan fingerprint density at radius 1 is 1.11 bits per heavy atom. The van der Waals surface area contributed by atoms with Gasteiger partial charge in [-0.1, -0.05) is 24.6 Å². The Hall–Kier alpha value is -2.72. The van der Waals surface area contributed by atoms with E-state index in [1.807, 2.05) is 13.8 Å². The van der Waals surface area contributed by atoms with Crippen molar-refractivity contribution in [2.75, 3.05) is 38.1 Å². The third kappa shape index (κ3) is 9.46. The lowest BCUT2D eigenvalue weighted by Gasteiger charge is -2.35.